The molecule has 0 aromatic carbocycles. The number of nitrogen functional groups attached to an aromatic ring is 1. The predicted octanol–water partition coefficient (Wildman–Crippen LogP) is 0.835. The largest absolute Gasteiger partial charge is 0.383 e. The fourth-order valence-corrected chi connectivity index (χ4v) is 3.33. The van der Waals surface area contributed by atoms with Crippen LogP contribution >= 0.6 is 11.8 Å². The predicted molar refractivity (Wildman–Crippen MR) is 80.0 cm³/mol. The Hall–Kier alpha value is -1.37. The van der Waals surface area contributed by atoms with E-state index in [-0.39, 0.29) is 11.9 Å². The lowest BCUT2D eigenvalue weighted by atomic mass is 10.2. The lowest BCUT2D eigenvalue weighted by molar-refractivity contribution is 0.697. The molecule has 1 fully saturated rings. The molecule has 1 aromatic rings. The Labute approximate surface area is 115 Å². The molecule has 2 rings (SSSR count). The van der Waals surface area contributed by atoms with Crippen LogP contribution in [-0.4, -0.2) is 27.1 Å². The molecule has 106 valence electrons. The number of hydrogen-bond acceptors (Lipinski definition) is 5. The van der Waals surface area contributed by atoms with Crippen LogP contribution in [0.5, 0.6) is 0 Å². The molecule has 7 heteroatoms. The zero-order valence-electron chi connectivity index (χ0n) is 11.2. The molecule has 0 saturated heterocycles. The van der Waals surface area contributed by atoms with E-state index in [1.165, 1.54) is 4.57 Å². The minimum absolute atomic E-state index is 0.226. The third kappa shape index (κ3) is 2.80. The molecular weight excluding hydrogens is 264 g/mol. The molecule has 0 amide bonds. The lowest BCUT2D eigenvalue weighted by Gasteiger charge is -2.17. The second kappa shape index (κ2) is 5.73. The summed E-state index contributed by atoms with van der Waals surface area (Å²) in [6.45, 7) is 2.26. The quantitative estimate of drug-likeness (QED) is 0.761. The maximum Gasteiger partial charge on any atom is 0.330 e. The van der Waals surface area contributed by atoms with E-state index in [4.69, 9.17) is 5.73 Å². The van der Waals surface area contributed by atoms with Crippen molar-refractivity contribution in [2.24, 2.45) is 0 Å². The maximum absolute atomic E-state index is 11.9. The normalized spacial score (nSPS) is 22.6. The molecular formula is C12H20N4O2S. The first-order chi connectivity index (χ1) is 9.06. The highest BCUT2D eigenvalue weighted by atomic mass is 32.2. The first-order valence-corrected chi connectivity index (χ1v) is 7.77. The Morgan fingerprint density at radius 1 is 1.47 bits per heavy atom. The van der Waals surface area contributed by atoms with Crippen molar-refractivity contribution < 1.29 is 0 Å². The number of nitrogens with one attached hydrogen (secondary N) is 2. The Kier molecular flexibility index (Phi) is 4.24. The van der Waals surface area contributed by atoms with Gasteiger partial charge in [0, 0.05) is 17.8 Å². The van der Waals surface area contributed by atoms with Crippen molar-refractivity contribution in [1.29, 1.82) is 0 Å². The molecule has 1 aliphatic carbocycles. The molecule has 4 N–H and O–H groups in total. The fourth-order valence-electron chi connectivity index (χ4n) is 2.53. The summed E-state index contributed by atoms with van der Waals surface area (Å²) in [6, 6.07) is 0.253. The second-order valence-corrected chi connectivity index (χ2v) is 5.91. The number of H-pyrrole nitrogens is 1. The summed E-state index contributed by atoms with van der Waals surface area (Å²) in [5.41, 5.74) is 5.36. The Bertz CT molecular complexity index is 566. The highest BCUT2D eigenvalue weighted by Gasteiger charge is 2.25. The first-order valence-electron chi connectivity index (χ1n) is 6.48. The van der Waals surface area contributed by atoms with Crippen LogP contribution in [0.1, 0.15) is 26.2 Å². The van der Waals surface area contributed by atoms with Crippen LogP contribution in [-0.2, 0) is 6.54 Å². The average Bonchev–Trinajstić information content (AvgIpc) is 2.82. The van der Waals surface area contributed by atoms with Crippen molar-refractivity contribution >= 4 is 23.3 Å². The lowest BCUT2D eigenvalue weighted by Crippen LogP contribution is -2.35. The van der Waals surface area contributed by atoms with E-state index in [0.29, 0.717) is 17.5 Å². The summed E-state index contributed by atoms with van der Waals surface area (Å²) in [6.07, 6.45) is 5.29. The van der Waals surface area contributed by atoms with Gasteiger partial charge in [-0.05, 0) is 32.4 Å². The second-order valence-electron chi connectivity index (χ2n) is 4.78. The Balaban J connectivity index is 2.26. The zero-order valence-corrected chi connectivity index (χ0v) is 12.0. The number of nitrogens with two attached hydrogens (primary N) is 1. The van der Waals surface area contributed by atoms with Gasteiger partial charge in [-0.15, -0.1) is 0 Å². The minimum Gasteiger partial charge on any atom is -0.383 e. The standard InChI is InChI=1S/C12H20N4O2S/c1-3-16-10(13)9(11(17)15-12(16)18)14-7-4-5-8(6-7)19-2/h7-8,14H,3-6,13H2,1-2H3,(H,15,17,18). The number of aromatic amines is 1. The van der Waals surface area contributed by atoms with Crippen molar-refractivity contribution in [1.82, 2.24) is 9.55 Å². The van der Waals surface area contributed by atoms with Crippen LogP contribution < -0.4 is 22.3 Å². The van der Waals surface area contributed by atoms with Gasteiger partial charge in [-0.25, -0.2) is 4.79 Å². The average molecular weight is 284 g/mol. The summed E-state index contributed by atoms with van der Waals surface area (Å²) in [5, 5.41) is 3.84. The summed E-state index contributed by atoms with van der Waals surface area (Å²) in [5.74, 6) is 0.226. The van der Waals surface area contributed by atoms with Gasteiger partial charge in [0.15, 0.2) is 0 Å². The van der Waals surface area contributed by atoms with E-state index < -0.39 is 11.2 Å². The molecule has 1 saturated carbocycles. The van der Waals surface area contributed by atoms with Gasteiger partial charge in [0.25, 0.3) is 5.56 Å². The van der Waals surface area contributed by atoms with Crippen molar-refractivity contribution in [2.45, 2.75) is 44.0 Å². The monoisotopic (exact) mass is 284 g/mol. The van der Waals surface area contributed by atoms with Crippen molar-refractivity contribution in [2.75, 3.05) is 17.3 Å². The van der Waals surface area contributed by atoms with Crippen LogP contribution in [0.25, 0.3) is 0 Å². The van der Waals surface area contributed by atoms with Gasteiger partial charge in [0.2, 0.25) is 0 Å². The van der Waals surface area contributed by atoms with Gasteiger partial charge >= 0.3 is 5.69 Å². The molecule has 0 aliphatic heterocycles. The van der Waals surface area contributed by atoms with Crippen molar-refractivity contribution in [3.63, 3.8) is 0 Å². The van der Waals surface area contributed by atoms with Gasteiger partial charge < -0.3 is 11.1 Å². The molecule has 0 spiro atoms. The SMILES string of the molecule is CCn1c(N)c(NC2CCC(SC)C2)c(=O)[nH]c1=O. The molecule has 0 bridgehead atoms. The summed E-state index contributed by atoms with van der Waals surface area (Å²) < 4.78 is 1.37. The van der Waals surface area contributed by atoms with Crippen LogP contribution in [0, 0.1) is 0 Å². The van der Waals surface area contributed by atoms with Crippen LogP contribution in [0.2, 0.25) is 0 Å². The third-order valence-corrected chi connectivity index (χ3v) is 4.72. The van der Waals surface area contributed by atoms with E-state index in [9.17, 15) is 9.59 Å². The van der Waals surface area contributed by atoms with Crippen molar-refractivity contribution in [3.8, 4) is 0 Å². The van der Waals surface area contributed by atoms with E-state index >= 15 is 0 Å². The summed E-state index contributed by atoms with van der Waals surface area (Å²) in [7, 11) is 0. The summed E-state index contributed by atoms with van der Waals surface area (Å²) in [4.78, 5) is 25.7. The van der Waals surface area contributed by atoms with Crippen molar-refractivity contribution in [3.05, 3.63) is 20.8 Å². The highest BCUT2D eigenvalue weighted by Crippen LogP contribution is 2.30. The number of aromatic nitrogens is 2. The molecule has 2 unspecified atom stereocenters. The van der Waals surface area contributed by atoms with E-state index in [1.54, 1.807) is 0 Å². The number of thioether (sulfide) groups is 1. The van der Waals surface area contributed by atoms with Gasteiger partial charge in [0.05, 0.1) is 0 Å². The zero-order chi connectivity index (χ0) is 14.0. The maximum atomic E-state index is 11.9. The van der Waals surface area contributed by atoms with E-state index in [0.717, 1.165) is 19.3 Å². The molecule has 2 atom stereocenters. The fraction of sp³-hybridized carbons (Fsp3) is 0.667. The first kappa shape index (κ1) is 14.0. The topological polar surface area (TPSA) is 92.9 Å². The van der Waals surface area contributed by atoms with Gasteiger partial charge in [-0.2, -0.15) is 11.8 Å². The molecule has 1 heterocycles. The number of hydrogen-bond donors (Lipinski definition) is 3. The molecule has 0 radical (unpaired) electrons. The van der Waals surface area contributed by atoms with Crippen LogP contribution in [0.4, 0.5) is 11.5 Å². The van der Waals surface area contributed by atoms with E-state index in [2.05, 4.69) is 16.6 Å². The Morgan fingerprint density at radius 3 is 2.79 bits per heavy atom. The number of nitrogens with zero attached hydrogens (tertiary/aromatic N) is 1. The van der Waals surface area contributed by atoms with Gasteiger partial charge in [0.1, 0.15) is 11.5 Å². The van der Waals surface area contributed by atoms with E-state index in [1.807, 2.05) is 18.7 Å². The number of rotatable bonds is 4. The Morgan fingerprint density at radius 2 is 2.21 bits per heavy atom. The molecule has 19 heavy (non-hydrogen) atoms. The molecule has 1 aliphatic rings. The smallest absolute Gasteiger partial charge is 0.330 e. The van der Waals surface area contributed by atoms with Gasteiger partial charge in [-0.3, -0.25) is 14.3 Å². The molecule has 6 nitrogen and oxygen atoms in total. The van der Waals surface area contributed by atoms with Gasteiger partial charge in [-0.1, -0.05) is 0 Å². The third-order valence-electron chi connectivity index (χ3n) is 3.62. The van der Waals surface area contributed by atoms with Crippen LogP contribution in [0.15, 0.2) is 9.59 Å². The van der Waals surface area contributed by atoms with Crippen LogP contribution in [0.3, 0.4) is 0 Å². The minimum atomic E-state index is -0.455. The summed E-state index contributed by atoms with van der Waals surface area (Å²) >= 11 is 1.85. The number of anilines is 2. The highest BCUT2D eigenvalue weighted by molar-refractivity contribution is 7.99. The molecule has 1 aromatic heterocycles.